The van der Waals surface area contributed by atoms with Crippen LogP contribution >= 0.6 is 34.8 Å². The van der Waals surface area contributed by atoms with E-state index in [1.54, 1.807) is 6.08 Å². The highest BCUT2D eigenvalue weighted by atomic mass is 35.5. The second-order valence-electron chi connectivity index (χ2n) is 8.06. The number of anilines is 1. The number of hydrogen-bond donors (Lipinski definition) is 0. The maximum Gasteiger partial charge on any atom is 0.246 e. The van der Waals surface area contributed by atoms with Gasteiger partial charge in [-0.2, -0.15) is 0 Å². The van der Waals surface area contributed by atoms with Crippen LogP contribution in [-0.4, -0.2) is 30.4 Å². The van der Waals surface area contributed by atoms with Crippen LogP contribution in [0, 0.1) is 0 Å². The van der Waals surface area contributed by atoms with E-state index in [2.05, 4.69) is 17.9 Å². The molecule has 0 N–H and O–H groups in total. The molecule has 1 unspecified atom stereocenters. The lowest BCUT2D eigenvalue weighted by Crippen LogP contribution is -2.50. The molecule has 1 aliphatic heterocycles. The van der Waals surface area contributed by atoms with Gasteiger partial charge in [0, 0.05) is 46.5 Å². The van der Waals surface area contributed by atoms with Crippen molar-refractivity contribution in [2.24, 2.45) is 0 Å². The van der Waals surface area contributed by atoms with Gasteiger partial charge in [-0.05, 0) is 71.7 Å². The standard InChI is InChI=1S/C27H25Cl3N2O/c1-2-20-17-24(30)11-12-25(20)32-15-14-31(18-26(32)21-7-9-22(28)10-8-21)27(33)13-6-19-4-3-5-23(29)16-19/h3-13,16-17,26H,2,14-15,18H2,1H3/b13-6+. The van der Waals surface area contributed by atoms with E-state index in [9.17, 15) is 4.79 Å². The molecule has 0 radical (unpaired) electrons. The highest BCUT2D eigenvalue weighted by Crippen LogP contribution is 2.35. The Morgan fingerprint density at radius 2 is 1.67 bits per heavy atom. The van der Waals surface area contributed by atoms with Gasteiger partial charge in [-0.3, -0.25) is 4.79 Å². The third kappa shape index (κ3) is 5.73. The van der Waals surface area contributed by atoms with Crippen LogP contribution in [0.5, 0.6) is 0 Å². The molecule has 170 valence electrons. The van der Waals surface area contributed by atoms with Crippen LogP contribution in [0.1, 0.15) is 29.7 Å². The highest BCUT2D eigenvalue weighted by molar-refractivity contribution is 6.31. The van der Waals surface area contributed by atoms with E-state index < -0.39 is 0 Å². The first kappa shape index (κ1) is 23.7. The molecule has 1 aliphatic rings. The predicted molar refractivity (Wildman–Crippen MR) is 139 cm³/mol. The summed E-state index contributed by atoms with van der Waals surface area (Å²) < 4.78 is 0. The zero-order valence-electron chi connectivity index (χ0n) is 18.3. The third-order valence-electron chi connectivity index (χ3n) is 5.95. The van der Waals surface area contributed by atoms with Crippen LogP contribution in [0.2, 0.25) is 15.1 Å². The molecule has 1 saturated heterocycles. The molecule has 6 heteroatoms. The summed E-state index contributed by atoms with van der Waals surface area (Å²) in [5.74, 6) is -0.0135. The largest absolute Gasteiger partial charge is 0.361 e. The van der Waals surface area contributed by atoms with Crippen molar-refractivity contribution < 1.29 is 4.79 Å². The Balaban J connectivity index is 1.61. The first-order chi connectivity index (χ1) is 15.9. The van der Waals surface area contributed by atoms with E-state index in [0.29, 0.717) is 23.1 Å². The molecule has 33 heavy (non-hydrogen) atoms. The lowest BCUT2D eigenvalue weighted by atomic mass is 9.99. The van der Waals surface area contributed by atoms with Crippen molar-refractivity contribution in [2.45, 2.75) is 19.4 Å². The van der Waals surface area contributed by atoms with E-state index in [4.69, 9.17) is 34.8 Å². The minimum Gasteiger partial charge on any atom is -0.361 e. The van der Waals surface area contributed by atoms with Crippen LogP contribution in [0.15, 0.2) is 72.8 Å². The van der Waals surface area contributed by atoms with E-state index >= 15 is 0 Å². The molecule has 1 fully saturated rings. The summed E-state index contributed by atoms with van der Waals surface area (Å²) in [6, 6.07) is 21.4. The van der Waals surface area contributed by atoms with Gasteiger partial charge in [0.25, 0.3) is 0 Å². The minimum atomic E-state index is -0.0135. The summed E-state index contributed by atoms with van der Waals surface area (Å²) in [5, 5.41) is 2.08. The topological polar surface area (TPSA) is 23.6 Å². The van der Waals surface area contributed by atoms with Gasteiger partial charge in [0.2, 0.25) is 5.91 Å². The quantitative estimate of drug-likeness (QED) is 0.344. The van der Waals surface area contributed by atoms with Crippen LogP contribution in [0.4, 0.5) is 5.69 Å². The first-order valence-electron chi connectivity index (χ1n) is 11.0. The molecule has 1 atom stereocenters. The Kier molecular flexibility index (Phi) is 7.64. The van der Waals surface area contributed by atoms with Gasteiger partial charge in [-0.15, -0.1) is 0 Å². The fourth-order valence-electron chi connectivity index (χ4n) is 4.24. The van der Waals surface area contributed by atoms with Crippen LogP contribution in [0.3, 0.4) is 0 Å². The van der Waals surface area contributed by atoms with E-state index in [1.165, 1.54) is 5.56 Å². The van der Waals surface area contributed by atoms with Crippen molar-refractivity contribution in [1.82, 2.24) is 4.90 Å². The van der Waals surface area contributed by atoms with Gasteiger partial charge < -0.3 is 9.80 Å². The molecule has 0 bridgehead atoms. The lowest BCUT2D eigenvalue weighted by molar-refractivity contribution is -0.126. The molecular formula is C27H25Cl3N2O. The fraction of sp³-hybridized carbons (Fsp3) is 0.222. The summed E-state index contributed by atoms with van der Waals surface area (Å²) in [6.45, 7) is 4.06. The number of carbonyl (C=O) groups excluding carboxylic acids is 1. The molecule has 1 amide bonds. The number of rotatable bonds is 5. The smallest absolute Gasteiger partial charge is 0.246 e. The third-order valence-corrected chi connectivity index (χ3v) is 6.67. The average molecular weight is 500 g/mol. The van der Waals surface area contributed by atoms with E-state index in [1.807, 2.05) is 71.6 Å². The number of carbonyl (C=O) groups is 1. The first-order valence-corrected chi connectivity index (χ1v) is 12.1. The summed E-state index contributed by atoms with van der Waals surface area (Å²) in [7, 11) is 0. The summed E-state index contributed by atoms with van der Waals surface area (Å²) in [5.41, 5.74) is 4.37. The SMILES string of the molecule is CCc1cc(Cl)ccc1N1CCN(C(=O)/C=C/c2cccc(Cl)c2)CC1c1ccc(Cl)cc1. The molecule has 0 spiro atoms. The maximum absolute atomic E-state index is 13.0. The number of aryl methyl sites for hydroxylation is 1. The molecule has 3 aromatic rings. The molecule has 0 aliphatic carbocycles. The number of amides is 1. The van der Waals surface area contributed by atoms with E-state index in [-0.39, 0.29) is 11.9 Å². The molecule has 3 nitrogen and oxygen atoms in total. The van der Waals surface area contributed by atoms with Gasteiger partial charge in [0.15, 0.2) is 0 Å². The van der Waals surface area contributed by atoms with Gasteiger partial charge in [-0.1, -0.05) is 66.0 Å². The van der Waals surface area contributed by atoms with Crippen molar-refractivity contribution in [1.29, 1.82) is 0 Å². The zero-order chi connectivity index (χ0) is 23.4. The van der Waals surface area contributed by atoms with Crippen LogP contribution < -0.4 is 4.90 Å². The van der Waals surface area contributed by atoms with Gasteiger partial charge in [0.1, 0.15) is 0 Å². The molecule has 0 aromatic heterocycles. The fourth-order valence-corrected chi connectivity index (χ4v) is 4.76. The Labute approximate surface area is 210 Å². The Morgan fingerprint density at radius 3 is 2.39 bits per heavy atom. The minimum absolute atomic E-state index is 0.00557. The zero-order valence-corrected chi connectivity index (χ0v) is 20.6. The van der Waals surface area contributed by atoms with Crippen molar-refractivity contribution in [3.05, 3.63) is 105 Å². The van der Waals surface area contributed by atoms with Crippen molar-refractivity contribution >= 4 is 52.5 Å². The van der Waals surface area contributed by atoms with Gasteiger partial charge in [0.05, 0.1) is 6.04 Å². The number of benzene rings is 3. The van der Waals surface area contributed by atoms with Crippen LogP contribution in [-0.2, 0) is 11.2 Å². The van der Waals surface area contributed by atoms with Crippen LogP contribution in [0.25, 0.3) is 6.08 Å². The molecule has 0 saturated carbocycles. The maximum atomic E-state index is 13.0. The summed E-state index contributed by atoms with van der Waals surface area (Å²) in [4.78, 5) is 17.3. The van der Waals surface area contributed by atoms with Gasteiger partial charge in [-0.25, -0.2) is 0 Å². The number of nitrogens with zero attached hydrogens (tertiary/aromatic N) is 2. The average Bonchev–Trinajstić information content (AvgIpc) is 2.83. The predicted octanol–water partition coefficient (Wildman–Crippen LogP) is 7.31. The number of hydrogen-bond acceptors (Lipinski definition) is 2. The second kappa shape index (κ2) is 10.6. The Hall–Kier alpha value is -2.46. The number of halogens is 3. The Bertz CT molecular complexity index is 1160. The van der Waals surface area contributed by atoms with Crippen molar-refractivity contribution in [3.8, 4) is 0 Å². The summed E-state index contributed by atoms with van der Waals surface area (Å²) in [6.07, 6.45) is 4.32. The van der Waals surface area contributed by atoms with Gasteiger partial charge >= 0.3 is 0 Å². The number of piperazine rings is 1. The molecule has 3 aromatic carbocycles. The lowest BCUT2D eigenvalue weighted by Gasteiger charge is -2.43. The highest BCUT2D eigenvalue weighted by Gasteiger charge is 2.31. The van der Waals surface area contributed by atoms with Crippen molar-refractivity contribution in [3.63, 3.8) is 0 Å². The van der Waals surface area contributed by atoms with E-state index in [0.717, 1.165) is 34.8 Å². The Morgan fingerprint density at radius 1 is 0.939 bits per heavy atom. The summed E-state index contributed by atoms with van der Waals surface area (Å²) >= 11 is 18.5. The normalized spacial score (nSPS) is 16.4. The molecule has 4 rings (SSSR count). The van der Waals surface area contributed by atoms with Crippen molar-refractivity contribution in [2.75, 3.05) is 24.5 Å². The molecule has 1 heterocycles. The second-order valence-corrected chi connectivity index (χ2v) is 9.37. The molecular weight excluding hydrogens is 475 g/mol. The monoisotopic (exact) mass is 498 g/mol.